The van der Waals surface area contributed by atoms with E-state index in [0.717, 1.165) is 12.8 Å². The Hall–Kier alpha value is -1.06. The lowest BCUT2D eigenvalue weighted by atomic mass is 9.98. The first-order valence-corrected chi connectivity index (χ1v) is 6.53. The van der Waals surface area contributed by atoms with Crippen LogP contribution in [0.4, 0.5) is 5.69 Å². The van der Waals surface area contributed by atoms with Gasteiger partial charge in [0.15, 0.2) is 0 Å². The minimum atomic E-state index is -0.0959. The molecular formula is C14H20N2O. The third-order valence-corrected chi connectivity index (χ3v) is 4.15. The zero-order chi connectivity index (χ0) is 11.8. The number of nitrogens with two attached hydrogens (primary N) is 1. The number of piperidine rings is 1. The highest BCUT2D eigenvalue weighted by atomic mass is 16.3. The van der Waals surface area contributed by atoms with Gasteiger partial charge < -0.3 is 15.7 Å². The van der Waals surface area contributed by atoms with Gasteiger partial charge in [-0.05, 0) is 43.4 Å². The molecule has 2 fully saturated rings. The van der Waals surface area contributed by atoms with Gasteiger partial charge >= 0.3 is 0 Å². The summed E-state index contributed by atoms with van der Waals surface area (Å²) in [5.74, 6) is 0. The average Bonchev–Trinajstić information content (AvgIpc) is 2.62. The third kappa shape index (κ3) is 1.94. The minimum Gasteiger partial charge on any atom is -0.393 e. The lowest BCUT2D eigenvalue weighted by molar-refractivity contribution is 0.126. The summed E-state index contributed by atoms with van der Waals surface area (Å²) in [7, 11) is 0. The number of hydrogen-bond donors (Lipinski definition) is 2. The van der Waals surface area contributed by atoms with Crippen LogP contribution in [0.3, 0.4) is 0 Å². The van der Waals surface area contributed by atoms with Crippen molar-refractivity contribution in [1.29, 1.82) is 0 Å². The first-order chi connectivity index (χ1) is 8.28. The van der Waals surface area contributed by atoms with Crippen molar-refractivity contribution in [3.63, 3.8) is 0 Å². The Bertz CT molecular complexity index is 393. The average molecular weight is 232 g/mol. The van der Waals surface area contributed by atoms with Gasteiger partial charge in [-0.2, -0.15) is 0 Å². The molecule has 2 bridgehead atoms. The van der Waals surface area contributed by atoms with Gasteiger partial charge in [-0.25, -0.2) is 0 Å². The van der Waals surface area contributed by atoms with Gasteiger partial charge in [-0.15, -0.1) is 0 Å². The summed E-state index contributed by atoms with van der Waals surface area (Å²) in [5.41, 5.74) is 8.17. The van der Waals surface area contributed by atoms with E-state index < -0.39 is 0 Å². The lowest BCUT2D eigenvalue weighted by Gasteiger charge is -2.39. The van der Waals surface area contributed by atoms with Crippen molar-refractivity contribution in [2.75, 3.05) is 4.90 Å². The van der Waals surface area contributed by atoms with Crippen molar-refractivity contribution >= 4 is 5.69 Å². The second-order valence-corrected chi connectivity index (χ2v) is 5.29. The summed E-state index contributed by atoms with van der Waals surface area (Å²) in [6.45, 7) is 0.597. The number of hydrogen-bond acceptors (Lipinski definition) is 3. The number of anilines is 1. The van der Waals surface area contributed by atoms with E-state index in [9.17, 15) is 5.11 Å². The van der Waals surface area contributed by atoms with Crippen LogP contribution < -0.4 is 10.6 Å². The Labute approximate surface area is 102 Å². The van der Waals surface area contributed by atoms with E-state index in [1.807, 2.05) is 0 Å². The van der Waals surface area contributed by atoms with Crippen LogP contribution in [0.1, 0.15) is 31.2 Å². The fourth-order valence-electron chi connectivity index (χ4n) is 3.41. The van der Waals surface area contributed by atoms with E-state index in [-0.39, 0.29) is 6.10 Å². The summed E-state index contributed by atoms with van der Waals surface area (Å²) in [6, 6.07) is 9.57. The smallest absolute Gasteiger partial charge is 0.0579 e. The zero-order valence-electron chi connectivity index (χ0n) is 10.0. The van der Waals surface area contributed by atoms with Crippen LogP contribution in [0.15, 0.2) is 24.3 Å². The van der Waals surface area contributed by atoms with Crippen LogP contribution in [-0.2, 0) is 6.54 Å². The Morgan fingerprint density at radius 2 is 1.94 bits per heavy atom. The van der Waals surface area contributed by atoms with Crippen LogP contribution in [0.5, 0.6) is 0 Å². The molecule has 17 heavy (non-hydrogen) atoms. The molecular weight excluding hydrogens is 212 g/mol. The number of nitrogens with zero attached hydrogens (tertiary/aromatic N) is 1. The molecule has 2 atom stereocenters. The first kappa shape index (κ1) is 11.1. The number of fused-ring (bicyclic) bond motifs is 2. The molecule has 0 amide bonds. The number of aliphatic hydroxyl groups is 1. The highest BCUT2D eigenvalue weighted by Crippen LogP contribution is 2.39. The molecule has 0 aliphatic carbocycles. The predicted octanol–water partition coefficient (Wildman–Crippen LogP) is 1.64. The molecule has 0 radical (unpaired) electrons. The second kappa shape index (κ2) is 4.31. The Morgan fingerprint density at radius 1 is 1.24 bits per heavy atom. The van der Waals surface area contributed by atoms with Crippen molar-refractivity contribution in [3.8, 4) is 0 Å². The summed E-state index contributed by atoms with van der Waals surface area (Å²) >= 11 is 0. The Morgan fingerprint density at radius 3 is 2.59 bits per heavy atom. The normalized spacial score (nSPS) is 31.9. The van der Waals surface area contributed by atoms with Gasteiger partial charge in [0, 0.05) is 24.3 Å². The van der Waals surface area contributed by atoms with Crippen LogP contribution >= 0.6 is 0 Å². The van der Waals surface area contributed by atoms with Gasteiger partial charge in [-0.1, -0.05) is 12.1 Å². The van der Waals surface area contributed by atoms with E-state index in [1.54, 1.807) is 0 Å². The number of aliphatic hydroxyl groups excluding tert-OH is 1. The molecule has 1 aromatic carbocycles. The van der Waals surface area contributed by atoms with E-state index in [4.69, 9.17) is 5.73 Å². The first-order valence-electron chi connectivity index (χ1n) is 6.53. The highest BCUT2D eigenvalue weighted by Gasteiger charge is 2.40. The molecule has 3 nitrogen and oxygen atoms in total. The molecule has 1 aromatic rings. The second-order valence-electron chi connectivity index (χ2n) is 5.29. The lowest BCUT2D eigenvalue weighted by Crippen LogP contribution is -2.44. The summed E-state index contributed by atoms with van der Waals surface area (Å²) in [5, 5.41) is 9.81. The summed E-state index contributed by atoms with van der Waals surface area (Å²) in [6.07, 6.45) is 4.18. The van der Waals surface area contributed by atoms with Crippen molar-refractivity contribution in [2.24, 2.45) is 5.73 Å². The molecule has 2 unspecified atom stereocenters. The number of rotatable bonds is 2. The maximum absolute atomic E-state index is 9.81. The fraction of sp³-hybridized carbons (Fsp3) is 0.571. The molecule has 3 N–H and O–H groups in total. The van der Waals surface area contributed by atoms with E-state index in [0.29, 0.717) is 18.6 Å². The van der Waals surface area contributed by atoms with Crippen molar-refractivity contribution in [3.05, 3.63) is 29.8 Å². The SMILES string of the molecule is NCc1cccc(N2C3CCC2CC(O)C3)c1. The monoisotopic (exact) mass is 232 g/mol. The summed E-state index contributed by atoms with van der Waals surface area (Å²) < 4.78 is 0. The van der Waals surface area contributed by atoms with Gasteiger partial charge in [0.25, 0.3) is 0 Å². The standard InChI is InChI=1S/C14H20N2O/c15-9-10-2-1-3-11(6-10)16-12-4-5-13(16)8-14(17)7-12/h1-3,6,12-14,17H,4-5,7-9,15H2. The molecule has 3 heteroatoms. The van der Waals surface area contributed by atoms with Crippen molar-refractivity contribution in [2.45, 2.75) is 50.4 Å². The van der Waals surface area contributed by atoms with Crippen LogP contribution in [0.25, 0.3) is 0 Å². The van der Waals surface area contributed by atoms with Crippen molar-refractivity contribution < 1.29 is 5.11 Å². The fourth-order valence-corrected chi connectivity index (χ4v) is 3.41. The van der Waals surface area contributed by atoms with Gasteiger partial charge in [-0.3, -0.25) is 0 Å². The zero-order valence-corrected chi connectivity index (χ0v) is 10.0. The van der Waals surface area contributed by atoms with E-state index >= 15 is 0 Å². The molecule has 0 saturated carbocycles. The minimum absolute atomic E-state index is 0.0959. The Kier molecular flexibility index (Phi) is 2.81. The number of benzene rings is 1. The van der Waals surface area contributed by atoms with E-state index in [1.165, 1.54) is 24.1 Å². The van der Waals surface area contributed by atoms with Gasteiger partial charge in [0.1, 0.15) is 0 Å². The molecule has 2 saturated heterocycles. The highest BCUT2D eigenvalue weighted by molar-refractivity contribution is 5.52. The predicted molar refractivity (Wildman–Crippen MR) is 68.9 cm³/mol. The van der Waals surface area contributed by atoms with Crippen LogP contribution in [0.2, 0.25) is 0 Å². The summed E-state index contributed by atoms with van der Waals surface area (Å²) in [4.78, 5) is 2.51. The van der Waals surface area contributed by atoms with E-state index in [2.05, 4.69) is 29.2 Å². The topological polar surface area (TPSA) is 49.5 Å². The largest absolute Gasteiger partial charge is 0.393 e. The Balaban J connectivity index is 1.89. The maximum Gasteiger partial charge on any atom is 0.0579 e. The molecule has 2 heterocycles. The van der Waals surface area contributed by atoms with Gasteiger partial charge in [0.2, 0.25) is 0 Å². The maximum atomic E-state index is 9.81. The quantitative estimate of drug-likeness (QED) is 0.815. The molecule has 2 aliphatic heterocycles. The van der Waals surface area contributed by atoms with Crippen LogP contribution in [-0.4, -0.2) is 23.3 Å². The van der Waals surface area contributed by atoms with Crippen LogP contribution in [0, 0.1) is 0 Å². The third-order valence-electron chi connectivity index (χ3n) is 4.15. The molecule has 0 aromatic heterocycles. The van der Waals surface area contributed by atoms with Gasteiger partial charge in [0.05, 0.1) is 6.10 Å². The van der Waals surface area contributed by atoms with Crippen molar-refractivity contribution in [1.82, 2.24) is 0 Å². The molecule has 3 rings (SSSR count). The molecule has 2 aliphatic rings. The molecule has 92 valence electrons. The molecule has 0 spiro atoms.